The molecule has 5 unspecified atom stereocenters. The van der Waals surface area contributed by atoms with Crippen LogP contribution in [0.2, 0.25) is 5.82 Å². The Morgan fingerprint density at radius 1 is 0.680 bits per heavy atom. The minimum atomic E-state index is -0.197. The van der Waals surface area contributed by atoms with Gasteiger partial charge in [-0.3, -0.25) is 0 Å². The summed E-state index contributed by atoms with van der Waals surface area (Å²) >= 11 is 0. The summed E-state index contributed by atoms with van der Waals surface area (Å²) in [5, 5.41) is 0. The molecule has 1 aliphatic heterocycles. The molecule has 0 spiro atoms. The van der Waals surface area contributed by atoms with Crippen LogP contribution < -0.4 is 0 Å². The Morgan fingerprint density at radius 2 is 1.28 bits per heavy atom. The topological polar surface area (TPSA) is 18.5 Å². The summed E-state index contributed by atoms with van der Waals surface area (Å²) in [6.45, 7) is 14.0. The van der Waals surface area contributed by atoms with Gasteiger partial charge in [0.15, 0.2) is 0 Å². The lowest BCUT2D eigenvalue weighted by molar-refractivity contribution is 0.00578. The zero-order valence-electron chi connectivity index (χ0n) is 17.4. The molecule has 0 aromatic rings. The molecule has 3 aliphatic carbocycles. The van der Waals surface area contributed by atoms with Crippen molar-refractivity contribution in [1.29, 1.82) is 0 Å². The lowest BCUT2D eigenvalue weighted by Gasteiger charge is -2.43. The second kappa shape index (κ2) is 5.99. The number of rotatable bonds is 1. The van der Waals surface area contributed by atoms with E-state index in [1.165, 1.54) is 51.4 Å². The van der Waals surface area contributed by atoms with E-state index in [1.807, 2.05) is 0 Å². The Kier molecular flexibility index (Phi) is 4.40. The second-order valence-corrected chi connectivity index (χ2v) is 11.1. The van der Waals surface area contributed by atoms with Crippen molar-refractivity contribution in [2.75, 3.05) is 0 Å². The molecule has 0 radical (unpaired) electrons. The third-order valence-corrected chi connectivity index (χ3v) is 9.05. The van der Waals surface area contributed by atoms with Crippen molar-refractivity contribution in [2.24, 2.45) is 29.1 Å². The highest BCUT2D eigenvalue weighted by Crippen LogP contribution is 2.66. The molecule has 142 valence electrons. The molecule has 4 rings (SSSR count). The molecule has 0 bridgehead atoms. The van der Waals surface area contributed by atoms with E-state index >= 15 is 0 Å². The number of fused-ring (bicyclic) bond motifs is 3. The van der Waals surface area contributed by atoms with E-state index < -0.39 is 0 Å². The Labute approximate surface area is 155 Å². The molecule has 1 saturated heterocycles. The highest BCUT2D eigenvalue weighted by molar-refractivity contribution is 6.47. The zero-order valence-corrected chi connectivity index (χ0v) is 17.4. The molecule has 0 aromatic carbocycles. The third-order valence-electron chi connectivity index (χ3n) is 9.05. The van der Waals surface area contributed by atoms with Crippen LogP contribution in [0.25, 0.3) is 0 Å². The van der Waals surface area contributed by atoms with E-state index in [0.29, 0.717) is 11.2 Å². The minimum absolute atomic E-state index is 0.000541. The van der Waals surface area contributed by atoms with Gasteiger partial charge in [-0.2, -0.15) is 0 Å². The van der Waals surface area contributed by atoms with Crippen LogP contribution >= 0.6 is 0 Å². The molecular weight excluding hydrogens is 307 g/mol. The average Bonchev–Trinajstić information content (AvgIpc) is 2.79. The normalized spacial score (nSPS) is 44.9. The Bertz CT molecular complexity index is 496. The van der Waals surface area contributed by atoms with Crippen molar-refractivity contribution in [3.63, 3.8) is 0 Å². The summed E-state index contributed by atoms with van der Waals surface area (Å²) in [6, 6.07) is 0. The van der Waals surface area contributed by atoms with Crippen LogP contribution in [0.4, 0.5) is 0 Å². The van der Waals surface area contributed by atoms with Gasteiger partial charge >= 0.3 is 7.12 Å². The monoisotopic (exact) mass is 346 g/mol. The molecule has 4 fully saturated rings. The van der Waals surface area contributed by atoms with Gasteiger partial charge in [0, 0.05) is 0 Å². The molecule has 1 heterocycles. The second-order valence-electron chi connectivity index (χ2n) is 11.1. The van der Waals surface area contributed by atoms with Crippen molar-refractivity contribution in [3.05, 3.63) is 0 Å². The van der Waals surface area contributed by atoms with E-state index in [0.717, 1.165) is 23.7 Å². The summed E-state index contributed by atoms with van der Waals surface area (Å²) in [4.78, 5) is 0. The highest BCUT2D eigenvalue weighted by atomic mass is 16.7. The van der Waals surface area contributed by atoms with Crippen molar-refractivity contribution in [2.45, 2.75) is 110 Å². The fourth-order valence-corrected chi connectivity index (χ4v) is 7.24. The van der Waals surface area contributed by atoms with E-state index in [-0.39, 0.29) is 18.3 Å². The Morgan fingerprint density at radius 3 is 1.96 bits per heavy atom. The Balaban J connectivity index is 1.63. The first-order chi connectivity index (χ1) is 11.7. The summed E-state index contributed by atoms with van der Waals surface area (Å²) in [6.07, 6.45) is 11.4. The molecule has 0 N–H and O–H groups in total. The van der Waals surface area contributed by atoms with Crippen LogP contribution in [0.5, 0.6) is 0 Å². The SMILES string of the molecule is CC1(C)C2CCCCCC2C2CCCC(B3OC(C)(C)C(C)(C)O3)C21. The Hall–Kier alpha value is -0.0151. The van der Waals surface area contributed by atoms with Crippen LogP contribution in [-0.4, -0.2) is 18.3 Å². The van der Waals surface area contributed by atoms with Crippen LogP contribution in [0.1, 0.15) is 92.9 Å². The van der Waals surface area contributed by atoms with Gasteiger partial charge in [-0.05, 0) is 81.9 Å². The number of hydrogen-bond acceptors (Lipinski definition) is 2. The fourth-order valence-electron chi connectivity index (χ4n) is 7.24. The summed E-state index contributed by atoms with van der Waals surface area (Å²) in [7, 11) is -0.000541. The average molecular weight is 346 g/mol. The molecule has 3 saturated carbocycles. The lowest BCUT2D eigenvalue weighted by atomic mass is 9.52. The van der Waals surface area contributed by atoms with Crippen molar-refractivity contribution in [1.82, 2.24) is 0 Å². The van der Waals surface area contributed by atoms with Gasteiger partial charge in [0.2, 0.25) is 0 Å². The predicted molar refractivity (Wildman–Crippen MR) is 105 cm³/mol. The maximum absolute atomic E-state index is 6.56. The third kappa shape index (κ3) is 2.75. The van der Waals surface area contributed by atoms with E-state index in [1.54, 1.807) is 0 Å². The predicted octanol–water partition coefficient (Wildman–Crippen LogP) is 6.10. The van der Waals surface area contributed by atoms with Gasteiger partial charge in [-0.1, -0.05) is 46.0 Å². The van der Waals surface area contributed by atoms with Crippen LogP contribution in [0.15, 0.2) is 0 Å². The van der Waals surface area contributed by atoms with Crippen molar-refractivity contribution >= 4 is 7.12 Å². The molecule has 2 nitrogen and oxygen atoms in total. The maximum Gasteiger partial charge on any atom is 0.461 e. The molecular formula is C22H39BO2. The smallest absolute Gasteiger partial charge is 0.403 e. The number of hydrogen-bond donors (Lipinski definition) is 0. The van der Waals surface area contributed by atoms with Crippen LogP contribution in [-0.2, 0) is 9.31 Å². The highest BCUT2D eigenvalue weighted by Gasteiger charge is 2.63. The standard InChI is InChI=1S/C22H39BO2/c1-20(2)17-13-9-7-8-11-15(17)16-12-10-14-18(19(16)20)23-24-21(3,4)22(5,6)25-23/h15-19H,7-14H2,1-6H3. The first kappa shape index (κ1) is 18.4. The largest absolute Gasteiger partial charge is 0.461 e. The quantitative estimate of drug-likeness (QED) is 0.534. The first-order valence-electron chi connectivity index (χ1n) is 11.0. The molecule has 0 amide bonds. The lowest BCUT2D eigenvalue weighted by Crippen LogP contribution is -2.41. The van der Waals surface area contributed by atoms with Gasteiger partial charge in [0.1, 0.15) is 0 Å². The fraction of sp³-hybridized carbons (Fsp3) is 1.00. The van der Waals surface area contributed by atoms with E-state index in [9.17, 15) is 0 Å². The van der Waals surface area contributed by atoms with E-state index in [4.69, 9.17) is 9.31 Å². The van der Waals surface area contributed by atoms with Crippen molar-refractivity contribution < 1.29 is 9.31 Å². The van der Waals surface area contributed by atoms with Gasteiger partial charge in [-0.25, -0.2) is 0 Å². The van der Waals surface area contributed by atoms with Crippen LogP contribution in [0.3, 0.4) is 0 Å². The molecule has 3 heteroatoms. The summed E-state index contributed by atoms with van der Waals surface area (Å²) in [5.74, 6) is 4.17. The van der Waals surface area contributed by atoms with Gasteiger partial charge in [0.25, 0.3) is 0 Å². The first-order valence-corrected chi connectivity index (χ1v) is 11.0. The van der Waals surface area contributed by atoms with E-state index in [2.05, 4.69) is 41.5 Å². The molecule has 4 aliphatic rings. The maximum atomic E-state index is 6.56. The van der Waals surface area contributed by atoms with Crippen LogP contribution in [0, 0.1) is 29.1 Å². The van der Waals surface area contributed by atoms with Gasteiger partial charge < -0.3 is 9.31 Å². The zero-order chi connectivity index (χ0) is 18.0. The molecule has 0 aromatic heterocycles. The molecule has 5 atom stereocenters. The van der Waals surface area contributed by atoms with Crippen molar-refractivity contribution in [3.8, 4) is 0 Å². The van der Waals surface area contributed by atoms with Gasteiger partial charge in [-0.15, -0.1) is 0 Å². The van der Waals surface area contributed by atoms with Gasteiger partial charge in [0.05, 0.1) is 11.2 Å². The molecule has 25 heavy (non-hydrogen) atoms. The summed E-state index contributed by atoms with van der Waals surface area (Å²) < 4.78 is 13.1. The minimum Gasteiger partial charge on any atom is -0.403 e. The summed E-state index contributed by atoms with van der Waals surface area (Å²) in [5.41, 5.74) is 0.0452.